The highest BCUT2D eigenvalue weighted by Crippen LogP contribution is 2.15. The van der Waals surface area contributed by atoms with Crippen molar-refractivity contribution in [2.45, 2.75) is 0 Å². The largest absolute Gasteiger partial charge is 0.478 e. The molecule has 2 aromatic rings. The molecule has 0 spiro atoms. The number of hydrogen-bond donors (Lipinski definition) is 1. The summed E-state index contributed by atoms with van der Waals surface area (Å²) >= 11 is 0. The molecule has 1 aromatic carbocycles. The van der Waals surface area contributed by atoms with Crippen molar-refractivity contribution >= 4 is 5.97 Å². The van der Waals surface area contributed by atoms with Crippen molar-refractivity contribution in [3.05, 3.63) is 48.3 Å². The van der Waals surface area contributed by atoms with Crippen LogP contribution in [-0.2, 0) is 0 Å². The Morgan fingerprint density at radius 3 is 2.87 bits per heavy atom. The van der Waals surface area contributed by atoms with Crippen LogP contribution in [0.2, 0.25) is 0 Å². The second-order valence-corrected chi connectivity index (χ2v) is 2.94. The summed E-state index contributed by atoms with van der Waals surface area (Å²) in [6.45, 7) is 0. The van der Waals surface area contributed by atoms with Crippen LogP contribution in [0.3, 0.4) is 0 Å². The molecule has 0 radical (unpaired) electrons. The van der Waals surface area contributed by atoms with Crippen molar-refractivity contribution in [1.29, 1.82) is 0 Å². The average molecular weight is 206 g/mol. The van der Waals surface area contributed by atoms with Crippen LogP contribution in [0.4, 0.5) is 4.39 Å². The predicted octanol–water partition coefficient (Wildman–Crippen LogP) is 1.71. The van der Waals surface area contributed by atoms with Gasteiger partial charge in [0.15, 0.2) is 0 Å². The van der Waals surface area contributed by atoms with Gasteiger partial charge in [0.2, 0.25) is 0 Å². The van der Waals surface area contributed by atoms with Crippen molar-refractivity contribution in [2.75, 3.05) is 0 Å². The van der Waals surface area contributed by atoms with E-state index in [0.29, 0.717) is 5.69 Å². The van der Waals surface area contributed by atoms with Gasteiger partial charge in [-0.3, -0.25) is 0 Å². The summed E-state index contributed by atoms with van der Waals surface area (Å²) in [4.78, 5) is 14.7. The number of aromatic carboxylic acids is 1. The zero-order valence-electron chi connectivity index (χ0n) is 7.59. The first-order valence-corrected chi connectivity index (χ1v) is 4.19. The summed E-state index contributed by atoms with van der Waals surface area (Å²) in [5.41, 5.74) is 0.300. The summed E-state index contributed by atoms with van der Waals surface area (Å²) in [6.07, 6.45) is 4.58. The Morgan fingerprint density at radius 1 is 1.47 bits per heavy atom. The number of imidazole rings is 1. The van der Waals surface area contributed by atoms with Crippen LogP contribution < -0.4 is 0 Å². The van der Waals surface area contributed by atoms with Crippen LogP contribution >= 0.6 is 0 Å². The molecule has 0 bridgehead atoms. The number of benzene rings is 1. The molecule has 76 valence electrons. The molecule has 0 amide bonds. The molecule has 0 saturated heterocycles. The Hall–Kier alpha value is -2.17. The minimum absolute atomic E-state index is 0.0898. The lowest BCUT2D eigenvalue weighted by Gasteiger charge is -2.06. The highest BCUT2D eigenvalue weighted by molar-refractivity contribution is 5.91. The molecule has 0 saturated carbocycles. The number of halogens is 1. The van der Waals surface area contributed by atoms with Gasteiger partial charge < -0.3 is 9.67 Å². The molecule has 15 heavy (non-hydrogen) atoms. The lowest BCUT2D eigenvalue weighted by atomic mass is 10.1. The molecule has 0 unspecified atom stereocenters. The summed E-state index contributed by atoms with van der Waals surface area (Å²) in [6, 6.07) is 3.60. The van der Waals surface area contributed by atoms with E-state index < -0.39 is 11.8 Å². The number of nitrogens with zero attached hydrogens (tertiary/aromatic N) is 2. The first kappa shape index (κ1) is 9.39. The summed E-state index contributed by atoms with van der Waals surface area (Å²) < 4.78 is 14.4. The third-order valence-corrected chi connectivity index (χ3v) is 1.97. The van der Waals surface area contributed by atoms with Gasteiger partial charge in [-0.05, 0) is 18.2 Å². The Bertz CT molecular complexity index is 494. The van der Waals surface area contributed by atoms with E-state index in [-0.39, 0.29) is 5.56 Å². The summed E-state index contributed by atoms with van der Waals surface area (Å²) in [5, 5.41) is 8.89. The summed E-state index contributed by atoms with van der Waals surface area (Å²) in [5.74, 6) is -1.74. The first-order chi connectivity index (χ1) is 7.18. The normalized spacial score (nSPS) is 10.2. The SMILES string of the molecule is O=C(O)c1cc(F)ccc1-n1ccnc1. The lowest BCUT2D eigenvalue weighted by molar-refractivity contribution is 0.0696. The molecule has 1 N–H and O–H groups in total. The fraction of sp³-hybridized carbons (Fsp3) is 0. The number of carboxylic acid groups (broad SMARTS) is 1. The van der Waals surface area contributed by atoms with Gasteiger partial charge in [-0.25, -0.2) is 14.2 Å². The lowest BCUT2D eigenvalue weighted by Crippen LogP contribution is -2.04. The molecule has 0 aliphatic carbocycles. The van der Waals surface area contributed by atoms with E-state index in [1.54, 1.807) is 6.20 Å². The predicted molar refractivity (Wildman–Crippen MR) is 50.5 cm³/mol. The van der Waals surface area contributed by atoms with E-state index in [2.05, 4.69) is 4.98 Å². The van der Waals surface area contributed by atoms with Crippen LogP contribution in [0.1, 0.15) is 10.4 Å². The van der Waals surface area contributed by atoms with E-state index in [9.17, 15) is 9.18 Å². The third-order valence-electron chi connectivity index (χ3n) is 1.97. The number of hydrogen-bond acceptors (Lipinski definition) is 2. The molecule has 0 atom stereocenters. The Morgan fingerprint density at radius 2 is 2.27 bits per heavy atom. The van der Waals surface area contributed by atoms with Gasteiger partial charge in [0, 0.05) is 12.4 Å². The highest BCUT2D eigenvalue weighted by atomic mass is 19.1. The van der Waals surface area contributed by atoms with Gasteiger partial charge in [0.25, 0.3) is 0 Å². The van der Waals surface area contributed by atoms with E-state index in [0.717, 1.165) is 6.07 Å². The zero-order chi connectivity index (χ0) is 10.8. The smallest absolute Gasteiger partial charge is 0.337 e. The fourth-order valence-electron chi connectivity index (χ4n) is 1.31. The minimum Gasteiger partial charge on any atom is -0.478 e. The standard InChI is InChI=1S/C10H7FN2O2/c11-7-1-2-9(8(5-7)10(14)15)13-4-3-12-6-13/h1-6H,(H,14,15). The van der Waals surface area contributed by atoms with Crippen LogP contribution in [0.25, 0.3) is 5.69 Å². The van der Waals surface area contributed by atoms with Crippen LogP contribution in [0.5, 0.6) is 0 Å². The molecular weight excluding hydrogens is 199 g/mol. The highest BCUT2D eigenvalue weighted by Gasteiger charge is 2.12. The molecule has 0 aliphatic rings. The Labute approximate surface area is 84.6 Å². The second-order valence-electron chi connectivity index (χ2n) is 2.94. The molecule has 0 aliphatic heterocycles. The van der Waals surface area contributed by atoms with Crippen LogP contribution in [-0.4, -0.2) is 20.6 Å². The molecule has 1 aromatic heterocycles. The quantitative estimate of drug-likeness (QED) is 0.813. The van der Waals surface area contributed by atoms with Crippen molar-refractivity contribution in [1.82, 2.24) is 9.55 Å². The van der Waals surface area contributed by atoms with Crippen molar-refractivity contribution in [2.24, 2.45) is 0 Å². The molecule has 0 fully saturated rings. The molecule has 4 nitrogen and oxygen atoms in total. The minimum atomic E-state index is -1.17. The van der Waals surface area contributed by atoms with Crippen LogP contribution in [0.15, 0.2) is 36.9 Å². The van der Waals surface area contributed by atoms with E-state index >= 15 is 0 Å². The third kappa shape index (κ3) is 1.71. The van der Waals surface area contributed by atoms with Gasteiger partial charge in [0.1, 0.15) is 5.82 Å². The number of carboxylic acids is 1. The monoisotopic (exact) mass is 206 g/mol. The van der Waals surface area contributed by atoms with Crippen molar-refractivity contribution in [3.8, 4) is 5.69 Å². The first-order valence-electron chi connectivity index (χ1n) is 4.19. The van der Waals surface area contributed by atoms with E-state index in [1.807, 2.05) is 0 Å². The van der Waals surface area contributed by atoms with Gasteiger partial charge in [0.05, 0.1) is 17.6 Å². The van der Waals surface area contributed by atoms with E-state index in [4.69, 9.17) is 5.11 Å². The average Bonchev–Trinajstić information content (AvgIpc) is 2.70. The number of carbonyl (C=O) groups is 1. The zero-order valence-corrected chi connectivity index (χ0v) is 7.59. The van der Waals surface area contributed by atoms with Crippen molar-refractivity contribution < 1.29 is 14.3 Å². The van der Waals surface area contributed by atoms with Crippen molar-refractivity contribution in [3.63, 3.8) is 0 Å². The van der Waals surface area contributed by atoms with Gasteiger partial charge in [-0.1, -0.05) is 0 Å². The summed E-state index contributed by atoms with van der Waals surface area (Å²) in [7, 11) is 0. The Balaban J connectivity index is 2.61. The van der Waals surface area contributed by atoms with Gasteiger partial charge in [-0.15, -0.1) is 0 Å². The van der Waals surface area contributed by atoms with Gasteiger partial charge in [-0.2, -0.15) is 0 Å². The topological polar surface area (TPSA) is 55.1 Å². The molecule has 2 rings (SSSR count). The maximum atomic E-state index is 12.9. The van der Waals surface area contributed by atoms with Gasteiger partial charge >= 0.3 is 5.97 Å². The maximum Gasteiger partial charge on any atom is 0.337 e. The fourth-order valence-corrected chi connectivity index (χ4v) is 1.31. The molecule has 1 heterocycles. The second kappa shape index (κ2) is 3.53. The maximum absolute atomic E-state index is 12.9. The number of aromatic nitrogens is 2. The van der Waals surface area contributed by atoms with Crippen LogP contribution in [0, 0.1) is 5.82 Å². The number of rotatable bonds is 2. The molecule has 5 heteroatoms. The van der Waals surface area contributed by atoms with E-state index in [1.165, 1.54) is 29.2 Å². The molecular formula is C10H7FN2O2. The Kier molecular flexibility index (Phi) is 2.21.